The standard InChI is InChI=1S/C42H33NS/c43-25-30-15-18-37-40(39(30)29-13-16-31(17-14-29)41-22-26-19-27(23-41)21-28(20-26)24-41)44-38-12-6-5-11-36(38)42(37)34-9-3-1-7-32(34)33-8-2-4-10-35(33)42/h1-18,26-28H,19-24H2. The molecule has 4 saturated carbocycles. The molecular formula is C42H33NS. The third-order valence-electron chi connectivity index (χ3n) is 12.0. The number of hydrogen-bond acceptors (Lipinski definition) is 2. The van der Waals surface area contributed by atoms with Crippen LogP contribution >= 0.6 is 11.8 Å². The van der Waals surface area contributed by atoms with Crippen molar-refractivity contribution in [1.82, 2.24) is 0 Å². The highest BCUT2D eigenvalue weighted by Gasteiger charge is 2.52. The third kappa shape index (κ3) is 3.21. The maximum atomic E-state index is 10.5. The fourth-order valence-corrected chi connectivity index (χ4v) is 12.1. The van der Waals surface area contributed by atoms with E-state index < -0.39 is 5.41 Å². The lowest BCUT2D eigenvalue weighted by Gasteiger charge is -2.57. The van der Waals surface area contributed by atoms with E-state index in [1.165, 1.54) is 87.3 Å². The van der Waals surface area contributed by atoms with Gasteiger partial charge in [0.2, 0.25) is 0 Å². The summed E-state index contributed by atoms with van der Waals surface area (Å²) in [6.45, 7) is 0. The van der Waals surface area contributed by atoms with Crippen LogP contribution in [0.3, 0.4) is 0 Å². The fraction of sp³-hybridized carbons (Fsp3) is 0.262. The Hall–Kier alpha value is -4.06. The largest absolute Gasteiger partial charge is 0.192 e. The predicted molar refractivity (Wildman–Crippen MR) is 178 cm³/mol. The summed E-state index contributed by atoms with van der Waals surface area (Å²) in [4.78, 5) is 2.49. The van der Waals surface area contributed by atoms with E-state index in [0.29, 0.717) is 5.41 Å². The second-order valence-electron chi connectivity index (χ2n) is 14.2. The summed E-state index contributed by atoms with van der Waals surface area (Å²) in [6.07, 6.45) is 8.51. The molecule has 0 N–H and O–H groups in total. The number of hydrogen-bond donors (Lipinski definition) is 0. The molecular weight excluding hydrogens is 551 g/mol. The van der Waals surface area contributed by atoms with Gasteiger partial charge in [-0.05, 0) is 118 Å². The van der Waals surface area contributed by atoms with Crippen molar-refractivity contribution in [2.45, 2.75) is 59.1 Å². The van der Waals surface area contributed by atoms with Crippen LogP contribution in [0.4, 0.5) is 0 Å². The molecule has 1 nitrogen and oxygen atoms in total. The van der Waals surface area contributed by atoms with Crippen LogP contribution in [0.1, 0.15) is 71.9 Å². The van der Waals surface area contributed by atoms with Crippen molar-refractivity contribution >= 4 is 11.8 Å². The molecule has 0 unspecified atom stereocenters. The third-order valence-corrected chi connectivity index (χ3v) is 13.2. The van der Waals surface area contributed by atoms with E-state index in [1.54, 1.807) is 0 Å². The van der Waals surface area contributed by atoms with Gasteiger partial charge in [-0.25, -0.2) is 0 Å². The first-order valence-electron chi connectivity index (χ1n) is 16.3. The smallest absolute Gasteiger partial charge is 0.0998 e. The fourth-order valence-electron chi connectivity index (χ4n) is 10.8. The summed E-state index contributed by atoms with van der Waals surface area (Å²) in [5.74, 6) is 2.78. The van der Waals surface area contributed by atoms with Crippen LogP contribution in [0.25, 0.3) is 22.3 Å². The molecule has 44 heavy (non-hydrogen) atoms. The average Bonchev–Trinajstić information content (AvgIpc) is 3.35. The van der Waals surface area contributed by atoms with E-state index in [1.807, 2.05) is 11.8 Å². The molecule has 0 amide bonds. The van der Waals surface area contributed by atoms with E-state index in [2.05, 4.69) is 115 Å². The maximum absolute atomic E-state index is 10.5. The quantitative estimate of drug-likeness (QED) is 0.202. The van der Waals surface area contributed by atoms with Gasteiger partial charge in [-0.15, -0.1) is 0 Å². The molecule has 5 aromatic rings. The molecule has 1 heterocycles. The Balaban J connectivity index is 1.20. The van der Waals surface area contributed by atoms with Gasteiger partial charge in [0.1, 0.15) is 0 Å². The topological polar surface area (TPSA) is 23.8 Å². The van der Waals surface area contributed by atoms with Gasteiger partial charge >= 0.3 is 0 Å². The van der Waals surface area contributed by atoms with Gasteiger partial charge < -0.3 is 0 Å². The van der Waals surface area contributed by atoms with Crippen LogP contribution in [0.15, 0.2) is 119 Å². The van der Waals surface area contributed by atoms with E-state index in [4.69, 9.17) is 0 Å². The lowest BCUT2D eigenvalue weighted by atomic mass is 9.48. The molecule has 5 aromatic carbocycles. The first-order valence-corrected chi connectivity index (χ1v) is 17.1. The molecule has 0 atom stereocenters. The van der Waals surface area contributed by atoms with Gasteiger partial charge in [-0.1, -0.05) is 109 Å². The molecule has 0 saturated heterocycles. The summed E-state index contributed by atoms with van der Waals surface area (Å²) >= 11 is 1.84. The molecule has 0 aromatic heterocycles. The molecule has 4 bridgehead atoms. The van der Waals surface area contributed by atoms with Gasteiger partial charge in [-0.3, -0.25) is 0 Å². The Morgan fingerprint density at radius 2 is 1.16 bits per heavy atom. The average molecular weight is 584 g/mol. The van der Waals surface area contributed by atoms with Crippen molar-refractivity contribution < 1.29 is 0 Å². The van der Waals surface area contributed by atoms with Crippen LogP contribution in [0, 0.1) is 29.1 Å². The molecule has 6 aliphatic rings. The Kier molecular flexibility index (Phi) is 5.17. The minimum Gasteiger partial charge on any atom is -0.192 e. The lowest BCUT2D eigenvalue weighted by Crippen LogP contribution is -2.48. The minimum atomic E-state index is -0.424. The second kappa shape index (κ2) is 8.99. The first-order chi connectivity index (χ1) is 21.7. The zero-order chi connectivity index (χ0) is 29.0. The zero-order valence-electron chi connectivity index (χ0n) is 24.7. The number of nitrogens with zero attached hydrogens (tertiary/aromatic N) is 1. The van der Waals surface area contributed by atoms with Crippen molar-refractivity contribution in [3.8, 4) is 28.3 Å². The molecule has 2 heteroatoms. The van der Waals surface area contributed by atoms with Crippen LogP contribution in [0.2, 0.25) is 0 Å². The van der Waals surface area contributed by atoms with Gasteiger partial charge in [0.15, 0.2) is 0 Å². The highest BCUT2D eigenvalue weighted by molar-refractivity contribution is 7.99. The molecule has 5 aliphatic carbocycles. The van der Waals surface area contributed by atoms with E-state index in [-0.39, 0.29) is 0 Å². The van der Waals surface area contributed by atoms with E-state index in [0.717, 1.165) is 34.4 Å². The van der Waals surface area contributed by atoms with Crippen LogP contribution in [0.5, 0.6) is 0 Å². The zero-order valence-corrected chi connectivity index (χ0v) is 25.5. The van der Waals surface area contributed by atoms with Crippen molar-refractivity contribution in [2.75, 3.05) is 0 Å². The Morgan fingerprint density at radius 1 is 0.591 bits per heavy atom. The van der Waals surface area contributed by atoms with Crippen LogP contribution in [-0.2, 0) is 10.8 Å². The Labute approximate surface area is 264 Å². The van der Waals surface area contributed by atoms with Gasteiger partial charge in [0.25, 0.3) is 0 Å². The summed E-state index contributed by atoms with van der Waals surface area (Å²) in [7, 11) is 0. The summed E-state index contributed by atoms with van der Waals surface area (Å²) in [6, 6.07) is 43.3. The molecule has 1 spiro atoms. The highest BCUT2D eigenvalue weighted by atomic mass is 32.2. The number of fused-ring (bicyclic) bond motifs is 9. The maximum Gasteiger partial charge on any atom is 0.0998 e. The minimum absolute atomic E-state index is 0.371. The summed E-state index contributed by atoms with van der Waals surface area (Å²) in [5.41, 5.74) is 12.4. The van der Waals surface area contributed by atoms with Crippen molar-refractivity contribution in [2.24, 2.45) is 17.8 Å². The normalized spacial score (nSPS) is 26.0. The first kappa shape index (κ1) is 25.3. The Morgan fingerprint density at radius 3 is 1.77 bits per heavy atom. The number of nitriles is 1. The van der Waals surface area contributed by atoms with E-state index in [9.17, 15) is 5.26 Å². The predicted octanol–water partition coefficient (Wildman–Crippen LogP) is 10.5. The monoisotopic (exact) mass is 583 g/mol. The van der Waals surface area contributed by atoms with Crippen molar-refractivity contribution in [3.05, 3.63) is 143 Å². The second-order valence-corrected chi connectivity index (χ2v) is 15.2. The Bertz CT molecular complexity index is 1960. The lowest BCUT2D eigenvalue weighted by molar-refractivity contribution is -0.00518. The van der Waals surface area contributed by atoms with Crippen molar-refractivity contribution in [1.29, 1.82) is 5.26 Å². The highest BCUT2D eigenvalue weighted by Crippen LogP contribution is 2.64. The molecule has 212 valence electrons. The number of rotatable bonds is 2. The molecule has 0 radical (unpaired) electrons. The van der Waals surface area contributed by atoms with Crippen LogP contribution < -0.4 is 0 Å². The summed E-state index contributed by atoms with van der Waals surface area (Å²) < 4.78 is 0. The summed E-state index contributed by atoms with van der Waals surface area (Å²) in [5, 5.41) is 10.5. The molecule has 4 fully saturated rings. The van der Waals surface area contributed by atoms with Gasteiger partial charge in [0.05, 0.1) is 17.0 Å². The van der Waals surface area contributed by atoms with Gasteiger partial charge in [-0.2, -0.15) is 5.26 Å². The van der Waals surface area contributed by atoms with Crippen LogP contribution in [-0.4, -0.2) is 0 Å². The SMILES string of the molecule is N#Cc1ccc2c(c1-c1ccc(C34CC5CC(CC(C5)C3)C4)cc1)Sc1ccccc1C21c2ccccc2-c2ccccc21. The molecule has 11 rings (SSSR count). The molecule has 1 aliphatic heterocycles. The number of benzene rings is 5. The van der Waals surface area contributed by atoms with E-state index >= 15 is 0 Å². The van der Waals surface area contributed by atoms with Gasteiger partial charge in [0, 0.05) is 15.4 Å². The van der Waals surface area contributed by atoms with Crippen molar-refractivity contribution in [3.63, 3.8) is 0 Å².